The quantitative estimate of drug-likeness (QED) is 0.783. The number of amides is 1. The van der Waals surface area contributed by atoms with Crippen LogP contribution < -0.4 is 5.73 Å². The van der Waals surface area contributed by atoms with Crippen molar-refractivity contribution >= 4 is 24.5 Å². The molecule has 2 fully saturated rings. The Bertz CT molecular complexity index is 410. The molecule has 1 amide bonds. The van der Waals surface area contributed by atoms with Crippen LogP contribution in [0, 0.1) is 5.92 Å². The molecule has 0 spiro atoms. The summed E-state index contributed by atoms with van der Waals surface area (Å²) in [6, 6.07) is -0.753. The van der Waals surface area contributed by atoms with Crippen molar-refractivity contribution in [1.82, 2.24) is 4.90 Å². The van der Waals surface area contributed by atoms with E-state index in [9.17, 15) is 9.59 Å². The van der Waals surface area contributed by atoms with Gasteiger partial charge in [-0.05, 0) is 46.5 Å². The smallest absolute Gasteiger partial charge is 0.411 e. The summed E-state index contributed by atoms with van der Waals surface area (Å²) in [5, 5.41) is 0. The Labute approximate surface area is 131 Å². The van der Waals surface area contributed by atoms with Gasteiger partial charge in [-0.2, -0.15) is 0 Å². The van der Waals surface area contributed by atoms with Crippen LogP contribution in [-0.4, -0.2) is 47.3 Å². The minimum atomic E-state index is -0.595. The molecular formula is C14H25ClN2O4. The number of hydrogen-bond donors (Lipinski definition) is 1. The lowest BCUT2D eigenvalue weighted by molar-refractivity contribution is -0.151. The molecule has 0 radical (unpaired) electrons. The average molecular weight is 321 g/mol. The van der Waals surface area contributed by atoms with Gasteiger partial charge in [-0.1, -0.05) is 0 Å². The third-order valence-electron chi connectivity index (χ3n) is 3.85. The molecule has 1 saturated heterocycles. The number of hydrogen-bond acceptors (Lipinski definition) is 5. The molecule has 2 bridgehead atoms. The summed E-state index contributed by atoms with van der Waals surface area (Å²) in [4.78, 5) is 26.0. The molecule has 6 nitrogen and oxygen atoms in total. The van der Waals surface area contributed by atoms with Crippen molar-refractivity contribution in [3.8, 4) is 0 Å². The highest BCUT2D eigenvalue weighted by Crippen LogP contribution is 2.43. The predicted molar refractivity (Wildman–Crippen MR) is 80.2 cm³/mol. The first-order valence-corrected chi connectivity index (χ1v) is 7.18. The molecular weight excluding hydrogens is 296 g/mol. The van der Waals surface area contributed by atoms with Crippen molar-refractivity contribution in [2.75, 3.05) is 6.61 Å². The van der Waals surface area contributed by atoms with E-state index in [0.717, 1.165) is 12.8 Å². The van der Waals surface area contributed by atoms with E-state index in [-0.39, 0.29) is 36.4 Å². The molecule has 2 rings (SSSR count). The van der Waals surface area contributed by atoms with E-state index in [1.165, 1.54) is 4.90 Å². The van der Waals surface area contributed by atoms with Gasteiger partial charge in [-0.3, -0.25) is 4.90 Å². The minimum Gasteiger partial charge on any atom is -0.464 e. The highest BCUT2D eigenvalue weighted by atomic mass is 35.5. The Morgan fingerprint density at radius 1 is 1.29 bits per heavy atom. The molecule has 1 saturated carbocycles. The first-order valence-electron chi connectivity index (χ1n) is 7.18. The lowest BCUT2D eigenvalue weighted by Crippen LogP contribution is -2.57. The number of rotatable bonds is 2. The zero-order valence-corrected chi connectivity index (χ0v) is 13.8. The maximum absolute atomic E-state index is 12.4. The van der Waals surface area contributed by atoms with E-state index in [2.05, 4.69) is 0 Å². The summed E-state index contributed by atoms with van der Waals surface area (Å²) < 4.78 is 10.5. The summed E-state index contributed by atoms with van der Waals surface area (Å²) in [6.45, 7) is 7.48. The highest BCUT2D eigenvalue weighted by Gasteiger charge is 2.56. The Morgan fingerprint density at radius 2 is 1.90 bits per heavy atom. The van der Waals surface area contributed by atoms with Crippen molar-refractivity contribution in [1.29, 1.82) is 0 Å². The number of carbonyl (C=O) groups is 2. The predicted octanol–water partition coefficient (Wildman–Crippen LogP) is 1.70. The molecule has 2 aliphatic rings. The molecule has 7 heteroatoms. The van der Waals surface area contributed by atoms with E-state index >= 15 is 0 Å². The third-order valence-corrected chi connectivity index (χ3v) is 3.85. The summed E-state index contributed by atoms with van der Waals surface area (Å²) in [6.07, 6.45) is 1.04. The van der Waals surface area contributed by atoms with Gasteiger partial charge in [-0.25, -0.2) is 9.59 Å². The average Bonchev–Trinajstić information content (AvgIpc) is 2.82. The molecule has 2 N–H and O–H groups in total. The van der Waals surface area contributed by atoms with Crippen molar-refractivity contribution in [2.45, 2.75) is 64.3 Å². The molecule has 0 aromatic carbocycles. The van der Waals surface area contributed by atoms with Crippen molar-refractivity contribution in [2.24, 2.45) is 11.7 Å². The van der Waals surface area contributed by atoms with Crippen molar-refractivity contribution < 1.29 is 19.1 Å². The molecule has 21 heavy (non-hydrogen) atoms. The van der Waals surface area contributed by atoms with Crippen LogP contribution in [-0.2, 0) is 14.3 Å². The Kier molecular flexibility index (Phi) is 5.50. The number of piperidine rings is 1. The summed E-state index contributed by atoms with van der Waals surface area (Å²) in [7, 11) is 0. The van der Waals surface area contributed by atoms with Gasteiger partial charge >= 0.3 is 12.1 Å². The molecule has 0 unspecified atom stereocenters. The van der Waals surface area contributed by atoms with Crippen LogP contribution in [0.4, 0.5) is 4.79 Å². The number of nitrogens with two attached hydrogens (primary N) is 1. The highest BCUT2D eigenvalue weighted by molar-refractivity contribution is 5.85. The number of nitrogens with zero attached hydrogens (tertiary/aromatic N) is 1. The van der Waals surface area contributed by atoms with Gasteiger partial charge < -0.3 is 15.2 Å². The van der Waals surface area contributed by atoms with Crippen LogP contribution in [0.15, 0.2) is 0 Å². The maximum Gasteiger partial charge on any atom is 0.411 e. The second-order valence-corrected chi connectivity index (χ2v) is 6.55. The van der Waals surface area contributed by atoms with Crippen molar-refractivity contribution in [3.63, 3.8) is 0 Å². The maximum atomic E-state index is 12.4. The number of carbonyl (C=O) groups excluding carboxylic acids is 2. The number of likely N-dealkylation sites (tertiary alicyclic amines) is 1. The Morgan fingerprint density at radius 3 is 2.43 bits per heavy atom. The van der Waals surface area contributed by atoms with E-state index in [4.69, 9.17) is 15.2 Å². The minimum absolute atomic E-state index is 0. The van der Waals surface area contributed by atoms with Crippen LogP contribution in [0.5, 0.6) is 0 Å². The number of fused-ring (bicyclic) bond motifs is 2. The number of halogens is 1. The summed E-state index contributed by atoms with van der Waals surface area (Å²) in [5.74, 6) is -0.265. The van der Waals surface area contributed by atoms with Gasteiger partial charge in [0.15, 0.2) is 0 Å². The van der Waals surface area contributed by atoms with Crippen molar-refractivity contribution in [3.05, 3.63) is 0 Å². The normalized spacial score (nSPS) is 30.8. The lowest BCUT2D eigenvalue weighted by atomic mass is 9.97. The largest absolute Gasteiger partial charge is 0.464 e. The second kappa shape index (κ2) is 6.40. The van der Waals surface area contributed by atoms with E-state index in [0.29, 0.717) is 6.61 Å². The topological polar surface area (TPSA) is 81.9 Å². The lowest BCUT2D eigenvalue weighted by Gasteiger charge is -2.37. The summed E-state index contributed by atoms with van der Waals surface area (Å²) in [5.41, 5.74) is 5.45. The van der Waals surface area contributed by atoms with Crippen LogP contribution >= 0.6 is 12.4 Å². The van der Waals surface area contributed by atoms with E-state index in [1.807, 2.05) is 0 Å². The molecule has 1 aliphatic carbocycles. The SMILES string of the molecule is CCOC(=O)[C@@H]1[C@H]2C[C@H]([C@@H](N)C2)N1C(=O)OC(C)(C)C.Cl. The molecule has 1 heterocycles. The number of ether oxygens (including phenoxy) is 2. The molecule has 4 atom stereocenters. The van der Waals surface area contributed by atoms with Gasteiger partial charge in [0, 0.05) is 6.04 Å². The standard InChI is InChI=1S/C14H24N2O4.ClH/c1-5-19-12(17)11-8-6-9(15)10(7-8)16(11)13(18)20-14(2,3)4;/h8-11H,5-7,15H2,1-4H3;1H/t8-,9+,10-,11+;/m1./s1. The Balaban J connectivity index is 0.00000220. The monoisotopic (exact) mass is 320 g/mol. The third kappa shape index (κ3) is 3.61. The number of esters is 1. The van der Waals surface area contributed by atoms with Gasteiger partial charge in [-0.15, -0.1) is 12.4 Å². The fraction of sp³-hybridized carbons (Fsp3) is 0.857. The fourth-order valence-electron chi connectivity index (χ4n) is 3.20. The fourth-order valence-corrected chi connectivity index (χ4v) is 3.20. The summed E-state index contributed by atoms with van der Waals surface area (Å²) >= 11 is 0. The van der Waals surface area contributed by atoms with Gasteiger partial charge in [0.05, 0.1) is 12.6 Å². The van der Waals surface area contributed by atoms with E-state index in [1.54, 1.807) is 27.7 Å². The molecule has 0 aromatic heterocycles. The van der Waals surface area contributed by atoms with Crippen LogP contribution in [0.2, 0.25) is 0 Å². The van der Waals surface area contributed by atoms with Crippen LogP contribution in [0.25, 0.3) is 0 Å². The first-order chi connectivity index (χ1) is 9.24. The van der Waals surface area contributed by atoms with Crippen LogP contribution in [0.1, 0.15) is 40.5 Å². The molecule has 0 aromatic rings. The Hall–Kier alpha value is -1.01. The zero-order valence-electron chi connectivity index (χ0n) is 13.0. The molecule has 122 valence electrons. The second-order valence-electron chi connectivity index (χ2n) is 6.55. The first kappa shape index (κ1) is 18.0. The van der Waals surface area contributed by atoms with Gasteiger partial charge in [0.2, 0.25) is 0 Å². The van der Waals surface area contributed by atoms with Crippen LogP contribution in [0.3, 0.4) is 0 Å². The zero-order chi connectivity index (χ0) is 15.1. The molecule has 1 aliphatic heterocycles. The van der Waals surface area contributed by atoms with E-state index < -0.39 is 17.7 Å². The van der Waals surface area contributed by atoms with Gasteiger partial charge in [0.25, 0.3) is 0 Å². The van der Waals surface area contributed by atoms with Gasteiger partial charge in [0.1, 0.15) is 11.6 Å².